The second-order valence-electron chi connectivity index (χ2n) is 8.42. The number of hydrogen-bond acceptors (Lipinski definition) is 5. The van der Waals surface area contributed by atoms with Crippen LogP contribution in [0.3, 0.4) is 0 Å². The molecule has 0 aliphatic carbocycles. The minimum absolute atomic E-state index is 0.107. The molecule has 0 saturated carbocycles. The van der Waals surface area contributed by atoms with Crippen molar-refractivity contribution in [3.63, 3.8) is 0 Å². The van der Waals surface area contributed by atoms with Crippen LogP contribution < -0.4 is 4.31 Å². The summed E-state index contributed by atoms with van der Waals surface area (Å²) in [7, 11) is -3.81. The number of rotatable bonds is 4. The maximum absolute atomic E-state index is 13.6. The van der Waals surface area contributed by atoms with Crippen molar-refractivity contribution in [3.05, 3.63) is 88.4 Å². The van der Waals surface area contributed by atoms with Gasteiger partial charge in [-0.15, -0.1) is 0 Å². The molecule has 0 N–H and O–H groups in total. The first kappa shape index (κ1) is 23.9. The van der Waals surface area contributed by atoms with Crippen molar-refractivity contribution in [1.29, 1.82) is 0 Å². The Kier molecular flexibility index (Phi) is 6.61. The molecule has 1 fully saturated rings. The molecular weight excluding hydrogens is 502 g/mol. The fraction of sp³-hybridized carbons (Fsp3) is 0.231. The lowest BCUT2D eigenvalue weighted by Crippen LogP contribution is -2.36. The molecule has 180 valence electrons. The Bertz CT molecular complexity index is 1440. The zero-order valence-corrected chi connectivity index (χ0v) is 21.5. The average Bonchev–Trinajstić information content (AvgIpc) is 3.34. The van der Waals surface area contributed by atoms with E-state index in [9.17, 15) is 13.2 Å². The van der Waals surface area contributed by atoms with Crippen molar-refractivity contribution in [3.8, 4) is 0 Å². The average molecular weight is 526 g/mol. The van der Waals surface area contributed by atoms with E-state index in [0.29, 0.717) is 46.0 Å². The molecule has 0 aromatic heterocycles. The molecule has 3 aromatic rings. The van der Waals surface area contributed by atoms with Crippen LogP contribution in [-0.2, 0) is 16.4 Å². The normalized spacial score (nSPS) is 17.0. The molecule has 0 unspecified atom stereocenters. The Hall–Kier alpha value is -2.81. The fourth-order valence-corrected chi connectivity index (χ4v) is 7.03. The number of fused-ring (bicyclic) bond motifs is 1. The lowest BCUT2D eigenvalue weighted by molar-refractivity contribution is 0.0859. The van der Waals surface area contributed by atoms with Crippen molar-refractivity contribution in [2.75, 3.05) is 23.1 Å². The lowest BCUT2D eigenvalue weighted by Gasteiger charge is -2.30. The molecule has 35 heavy (non-hydrogen) atoms. The summed E-state index contributed by atoms with van der Waals surface area (Å²) in [5.74, 6) is 0.441. The van der Waals surface area contributed by atoms with Gasteiger partial charge in [-0.05, 0) is 67.3 Å². The number of amides is 1. The van der Waals surface area contributed by atoms with E-state index in [1.165, 1.54) is 22.1 Å². The smallest absolute Gasteiger partial charge is 0.264 e. The van der Waals surface area contributed by atoms with Crippen LogP contribution in [0.5, 0.6) is 0 Å². The molecule has 0 radical (unpaired) electrons. The Morgan fingerprint density at radius 3 is 2.69 bits per heavy atom. The van der Waals surface area contributed by atoms with Crippen molar-refractivity contribution < 1.29 is 13.2 Å². The number of hydrogen-bond donors (Lipinski definition) is 0. The first-order valence-corrected chi connectivity index (χ1v) is 14.2. The summed E-state index contributed by atoms with van der Waals surface area (Å²) < 4.78 is 28.6. The highest BCUT2D eigenvalue weighted by Gasteiger charge is 2.31. The zero-order valence-electron chi connectivity index (χ0n) is 19.1. The van der Waals surface area contributed by atoms with Crippen LogP contribution >= 0.6 is 23.4 Å². The standard InChI is InChI=1S/C26H24ClN3O3S2/c1-18-22(27)11-5-12-23(18)28-26-29(15-16-34-26)25(31)20-8-4-10-21(17-20)35(32,33)30-14-6-9-19-7-2-3-13-24(19)30/h2-5,7-8,10-13,17H,6,9,14-16H2,1H3. The number of aryl methyl sites for hydroxylation is 1. The van der Waals surface area contributed by atoms with E-state index in [1.807, 2.05) is 43.3 Å². The third kappa shape index (κ3) is 4.58. The zero-order chi connectivity index (χ0) is 24.6. The van der Waals surface area contributed by atoms with Gasteiger partial charge in [-0.1, -0.05) is 53.7 Å². The van der Waals surface area contributed by atoms with Gasteiger partial charge in [0.15, 0.2) is 5.17 Å². The first-order chi connectivity index (χ1) is 16.9. The highest BCUT2D eigenvalue weighted by molar-refractivity contribution is 8.14. The van der Waals surface area contributed by atoms with Gasteiger partial charge in [-0.3, -0.25) is 14.0 Å². The van der Waals surface area contributed by atoms with Crippen LogP contribution in [-0.4, -0.2) is 43.2 Å². The van der Waals surface area contributed by atoms with Crippen LogP contribution in [0.4, 0.5) is 11.4 Å². The minimum Gasteiger partial charge on any atom is -0.286 e. The van der Waals surface area contributed by atoms with Crippen LogP contribution in [0.2, 0.25) is 5.02 Å². The predicted molar refractivity (Wildman–Crippen MR) is 143 cm³/mol. The van der Waals surface area contributed by atoms with Crippen molar-refractivity contribution in [2.45, 2.75) is 24.7 Å². The monoisotopic (exact) mass is 525 g/mol. The summed E-state index contributed by atoms with van der Waals surface area (Å²) >= 11 is 7.73. The summed E-state index contributed by atoms with van der Waals surface area (Å²) in [5.41, 5.74) is 3.59. The Balaban J connectivity index is 1.46. The highest BCUT2D eigenvalue weighted by atomic mass is 35.5. The van der Waals surface area contributed by atoms with Crippen LogP contribution in [0, 0.1) is 6.92 Å². The summed E-state index contributed by atoms with van der Waals surface area (Å²) in [6, 6.07) is 19.4. The third-order valence-corrected chi connectivity index (χ3v) is 9.39. The molecule has 3 aromatic carbocycles. The molecule has 2 aliphatic heterocycles. The largest absolute Gasteiger partial charge is 0.286 e. The quantitative estimate of drug-likeness (QED) is 0.440. The van der Waals surface area contributed by atoms with Crippen LogP contribution in [0.1, 0.15) is 27.9 Å². The topological polar surface area (TPSA) is 70.0 Å². The number of halogens is 1. The molecule has 0 atom stereocenters. The van der Waals surface area contributed by atoms with E-state index >= 15 is 0 Å². The number of nitrogens with zero attached hydrogens (tertiary/aromatic N) is 3. The second-order valence-corrected chi connectivity index (χ2v) is 11.8. The Morgan fingerprint density at radius 2 is 1.83 bits per heavy atom. The Labute approximate surface area is 214 Å². The van der Waals surface area contributed by atoms with Gasteiger partial charge in [0.25, 0.3) is 15.9 Å². The second kappa shape index (κ2) is 9.68. The molecule has 1 saturated heterocycles. The molecule has 5 rings (SSSR count). The van der Waals surface area contributed by atoms with Crippen LogP contribution in [0.15, 0.2) is 76.6 Å². The summed E-state index contributed by atoms with van der Waals surface area (Å²) in [4.78, 5) is 19.9. The maximum Gasteiger partial charge on any atom is 0.264 e. The molecule has 1 amide bonds. The van der Waals surface area contributed by atoms with E-state index in [-0.39, 0.29) is 10.8 Å². The number of aliphatic imine (C=N–C) groups is 1. The van der Waals surface area contributed by atoms with E-state index in [4.69, 9.17) is 11.6 Å². The van der Waals surface area contributed by atoms with Gasteiger partial charge >= 0.3 is 0 Å². The third-order valence-electron chi connectivity index (χ3n) is 6.21. The van der Waals surface area contributed by atoms with Gasteiger partial charge in [0.1, 0.15) is 0 Å². The van der Waals surface area contributed by atoms with Gasteiger partial charge in [0, 0.05) is 29.4 Å². The minimum atomic E-state index is -3.81. The molecule has 6 nitrogen and oxygen atoms in total. The molecule has 2 aliphatic rings. The predicted octanol–water partition coefficient (Wildman–Crippen LogP) is 5.67. The van der Waals surface area contributed by atoms with E-state index in [2.05, 4.69) is 4.99 Å². The van der Waals surface area contributed by atoms with Crippen molar-refractivity contribution in [2.24, 2.45) is 4.99 Å². The Morgan fingerprint density at radius 1 is 1.03 bits per heavy atom. The number of para-hydroxylation sites is 1. The van der Waals surface area contributed by atoms with E-state index in [0.717, 1.165) is 24.0 Å². The molecule has 0 spiro atoms. The molecule has 0 bridgehead atoms. The highest BCUT2D eigenvalue weighted by Crippen LogP contribution is 2.33. The lowest BCUT2D eigenvalue weighted by atomic mass is 10.0. The molecule has 9 heteroatoms. The van der Waals surface area contributed by atoms with Gasteiger partial charge in [-0.25, -0.2) is 13.4 Å². The number of carbonyl (C=O) groups is 1. The van der Waals surface area contributed by atoms with E-state index < -0.39 is 10.0 Å². The SMILES string of the molecule is Cc1c(Cl)cccc1N=C1SCCN1C(=O)c1cccc(S(=O)(=O)N2CCCc3ccccc32)c1. The fourth-order valence-electron chi connectivity index (χ4n) is 4.32. The summed E-state index contributed by atoms with van der Waals surface area (Å²) in [6.45, 7) is 2.80. The number of anilines is 1. The summed E-state index contributed by atoms with van der Waals surface area (Å²) in [5, 5.41) is 1.20. The first-order valence-electron chi connectivity index (χ1n) is 11.4. The van der Waals surface area contributed by atoms with Gasteiger partial charge in [-0.2, -0.15) is 0 Å². The molecule has 2 heterocycles. The number of thioether (sulfide) groups is 1. The van der Waals surface area contributed by atoms with Gasteiger partial charge in [0.2, 0.25) is 0 Å². The van der Waals surface area contributed by atoms with Crippen molar-refractivity contribution in [1.82, 2.24) is 4.90 Å². The number of carbonyl (C=O) groups excluding carboxylic acids is 1. The maximum atomic E-state index is 13.6. The van der Waals surface area contributed by atoms with Gasteiger partial charge < -0.3 is 0 Å². The van der Waals surface area contributed by atoms with Gasteiger partial charge in [0.05, 0.1) is 16.3 Å². The van der Waals surface area contributed by atoms with Crippen LogP contribution in [0.25, 0.3) is 0 Å². The number of sulfonamides is 1. The number of amidine groups is 1. The number of benzene rings is 3. The molecular formula is C26H24ClN3O3S2. The summed E-state index contributed by atoms with van der Waals surface area (Å²) in [6.07, 6.45) is 1.60. The van der Waals surface area contributed by atoms with Crippen molar-refractivity contribution >= 4 is 55.8 Å². The van der Waals surface area contributed by atoms with E-state index in [1.54, 1.807) is 29.2 Å².